The van der Waals surface area contributed by atoms with Gasteiger partial charge in [0.2, 0.25) is 0 Å². The van der Waals surface area contributed by atoms with Gasteiger partial charge in [-0.05, 0) is 74.5 Å². The number of fused-ring (bicyclic) bond motifs is 1. The highest BCUT2D eigenvalue weighted by Crippen LogP contribution is 2.37. The molecule has 0 saturated carbocycles. The van der Waals surface area contributed by atoms with E-state index in [0.717, 1.165) is 0 Å². The van der Waals surface area contributed by atoms with Gasteiger partial charge in [0.25, 0.3) is 15.9 Å². The van der Waals surface area contributed by atoms with Crippen LogP contribution in [0.3, 0.4) is 0 Å². The summed E-state index contributed by atoms with van der Waals surface area (Å²) in [5, 5.41) is 2.79. The van der Waals surface area contributed by atoms with Crippen molar-refractivity contribution >= 4 is 27.3 Å². The number of benzene rings is 3. The highest BCUT2D eigenvalue weighted by Gasteiger charge is 2.37. The van der Waals surface area contributed by atoms with E-state index >= 15 is 0 Å². The van der Waals surface area contributed by atoms with E-state index in [1.807, 2.05) is 13.8 Å². The van der Waals surface area contributed by atoms with E-state index in [2.05, 4.69) is 5.32 Å². The molecule has 0 bridgehead atoms. The molecule has 0 saturated heterocycles. The van der Waals surface area contributed by atoms with Gasteiger partial charge in [-0.2, -0.15) is 0 Å². The predicted octanol–water partition coefficient (Wildman–Crippen LogP) is 4.08. The number of nitrogens with one attached hydrogen (secondary N) is 1. The number of anilines is 2. The zero-order chi connectivity index (χ0) is 24.3. The van der Waals surface area contributed by atoms with E-state index in [-0.39, 0.29) is 17.5 Å². The molecule has 9 heteroatoms. The van der Waals surface area contributed by atoms with E-state index in [4.69, 9.17) is 14.2 Å². The van der Waals surface area contributed by atoms with Crippen molar-refractivity contribution in [2.75, 3.05) is 23.3 Å². The number of methoxy groups -OCH3 is 1. The number of hydrogen-bond donors (Lipinski definition) is 1. The molecule has 0 unspecified atom stereocenters. The first-order chi connectivity index (χ1) is 16.3. The molecule has 178 valence electrons. The molecule has 3 aromatic carbocycles. The highest BCUT2D eigenvalue weighted by atomic mass is 32.2. The number of carbonyl (C=O) groups is 1. The summed E-state index contributed by atoms with van der Waals surface area (Å²) in [4.78, 5) is 13.1. The molecule has 1 N–H and O–H groups in total. The van der Waals surface area contributed by atoms with E-state index in [0.29, 0.717) is 28.6 Å². The molecule has 8 nitrogen and oxygen atoms in total. The molecule has 1 atom stereocenters. The van der Waals surface area contributed by atoms with Crippen molar-refractivity contribution in [3.8, 4) is 17.2 Å². The lowest BCUT2D eigenvalue weighted by molar-refractivity contribution is -0.122. The molecular weight excluding hydrogens is 456 g/mol. The van der Waals surface area contributed by atoms with Crippen molar-refractivity contribution < 1.29 is 27.4 Å². The second-order valence-corrected chi connectivity index (χ2v) is 9.83. The van der Waals surface area contributed by atoms with Gasteiger partial charge in [-0.1, -0.05) is 12.1 Å². The van der Waals surface area contributed by atoms with E-state index < -0.39 is 22.0 Å². The topological polar surface area (TPSA) is 94.2 Å². The van der Waals surface area contributed by atoms with Crippen molar-refractivity contribution in [3.63, 3.8) is 0 Å². The van der Waals surface area contributed by atoms with Crippen LogP contribution in [0.2, 0.25) is 0 Å². The van der Waals surface area contributed by atoms with Gasteiger partial charge in [-0.25, -0.2) is 8.42 Å². The van der Waals surface area contributed by atoms with Crippen LogP contribution in [0, 0.1) is 0 Å². The summed E-state index contributed by atoms with van der Waals surface area (Å²) in [6.07, 6.45) is -1.01. The molecule has 0 aromatic heterocycles. The lowest BCUT2D eigenvalue weighted by Gasteiger charge is -2.34. The van der Waals surface area contributed by atoms with Crippen LogP contribution in [0.4, 0.5) is 11.4 Å². The monoisotopic (exact) mass is 482 g/mol. The average Bonchev–Trinajstić information content (AvgIpc) is 2.84. The van der Waals surface area contributed by atoms with Gasteiger partial charge in [0.15, 0.2) is 6.10 Å². The van der Waals surface area contributed by atoms with Crippen molar-refractivity contribution in [2.45, 2.75) is 31.0 Å². The van der Waals surface area contributed by atoms with Crippen molar-refractivity contribution in [1.82, 2.24) is 0 Å². The quantitative estimate of drug-likeness (QED) is 0.546. The summed E-state index contributed by atoms with van der Waals surface area (Å²) in [6, 6.07) is 19.8. The predicted molar refractivity (Wildman–Crippen MR) is 129 cm³/mol. The van der Waals surface area contributed by atoms with Crippen LogP contribution in [0.5, 0.6) is 17.2 Å². The van der Waals surface area contributed by atoms with E-state index in [1.165, 1.54) is 23.5 Å². The van der Waals surface area contributed by atoms with E-state index in [1.54, 1.807) is 60.7 Å². The molecule has 0 aliphatic carbocycles. The largest absolute Gasteiger partial charge is 0.497 e. The first-order valence-electron chi connectivity index (χ1n) is 10.8. The fourth-order valence-electron chi connectivity index (χ4n) is 3.55. The summed E-state index contributed by atoms with van der Waals surface area (Å²) < 4.78 is 44.8. The Morgan fingerprint density at radius 3 is 2.29 bits per heavy atom. The molecule has 1 heterocycles. The first kappa shape index (κ1) is 23.4. The minimum absolute atomic E-state index is 0.0368. The summed E-state index contributed by atoms with van der Waals surface area (Å²) in [5.41, 5.74) is 0.922. The standard InChI is InChI=1S/C25H26N2O6S/c1-17(2)32-20-10-8-18(9-11-20)26-25(28)24-16-27(22-6-4-5-7-23(22)33-24)34(29,30)21-14-12-19(31-3)13-15-21/h4-15,17,24H,16H2,1-3H3,(H,26,28)/t24-/m0/s1. The summed E-state index contributed by atoms with van der Waals surface area (Å²) in [5.74, 6) is 1.09. The lowest BCUT2D eigenvalue weighted by atomic mass is 10.2. The first-order valence-corrected chi connectivity index (χ1v) is 12.2. The minimum atomic E-state index is -3.96. The fraction of sp³-hybridized carbons (Fsp3) is 0.240. The van der Waals surface area contributed by atoms with Crippen LogP contribution >= 0.6 is 0 Å². The van der Waals surface area contributed by atoms with Crippen LogP contribution in [-0.4, -0.2) is 40.2 Å². The van der Waals surface area contributed by atoms with Gasteiger partial charge in [0.05, 0.1) is 30.3 Å². The van der Waals surface area contributed by atoms with Gasteiger partial charge in [-0.15, -0.1) is 0 Å². The van der Waals surface area contributed by atoms with Crippen molar-refractivity contribution in [2.24, 2.45) is 0 Å². The number of para-hydroxylation sites is 2. The third-order valence-electron chi connectivity index (χ3n) is 5.17. The Labute approximate surface area is 199 Å². The molecule has 0 radical (unpaired) electrons. The normalized spacial score (nSPS) is 15.3. The Balaban J connectivity index is 1.58. The molecule has 0 spiro atoms. The maximum atomic E-state index is 13.5. The SMILES string of the molecule is COc1ccc(S(=O)(=O)N2C[C@@H](C(=O)Nc3ccc(OC(C)C)cc3)Oc3ccccc32)cc1. The van der Waals surface area contributed by atoms with Crippen molar-refractivity contribution in [1.29, 1.82) is 0 Å². The number of carbonyl (C=O) groups excluding carboxylic acids is 1. The number of amides is 1. The number of ether oxygens (including phenoxy) is 3. The Morgan fingerprint density at radius 2 is 1.65 bits per heavy atom. The van der Waals surface area contributed by atoms with Crippen LogP contribution in [0.25, 0.3) is 0 Å². The van der Waals surface area contributed by atoms with Gasteiger partial charge in [-0.3, -0.25) is 9.10 Å². The molecular formula is C25H26N2O6S. The van der Waals surface area contributed by atoms with Crippen LogP contribution < -0.4 is 23.8 Å². The molecule has 3 aromatic rings. The zero-order valence-corrected chi connectivity index (χ0v) is 19.9. The smallest absolute Gasteiger partial charge is 0.267 e. The number of hydrogen-bond acceptors (Lipinski definition) is 6. The molecule has 34 heavy (non-hydrogen) atoms. The minimum Gasteiger partial charge on any atom is -0.497 e. The second kappa shape index (κ2) is 9.64. The lowest BCUT2D eigenvalue weighted by Crippen LogP contribution is -2.48. The summed E-state index contributed by atoms with van der Waals surface area (Å²) in [7, 11) is -2.45. The third kappa shape index (κ3) is 4.94. The van der Waals surface area contributed by atoms with Gasteiger partial charge >= 0.3 is 0 Å². The van der Waals surface area contributed by atoms with E-state index in [9.17, 15) is 13.2 Å². The summed E-state index contributed by atoms with van der Waals surface area (Å²) >= 11 is 0. The molecule has 1 amide bonds. The molecule has 4 rings (SSSR count). The van der Waals surface area contributed by atoms with Crippen LogP contribution in [-0.2, 0) is 14.8 Å². The Bertz CT molecular complexity index is 1260. The Kier molecular flexibility index (Phi) is 6.65. The van der Waals surface area contributed by atoms with Gasteiger partial charge in [0.1, 0.15) is 17.2 Å². The highest BCUT2D eigenvalue weighted by molar-refractivity contribution is 7.92. The second-order valence-electron chi connectivity index (χ2n) is 7.97. The fourth-order valence-corrected chi connectivity index (χ4v) is 5.03. The number of rotatable bonds is 7. The van der Waals surface area contributed by atoms with Gasteiger partial charge < -0.3 is 19.5 Å². The van der Waals surface area contributed by atoms with Crippen LogP contribution in [0.1, 0.15) is 13.8 Å². The third-order valence-corrected chi connectivity index (χ3v) is 6.96. The Morgan fingerprint density at radius 1 is 1.00 bits per heavy atom. The molecule has 1 aliphatic heterocycles. The van der Waals surface area contributed by atoms with Crippen molar-refractivity contribution in [3.05, 3.63) is 72.8 Å². The molecule has 1 aliphatic rings. The molecule has 0 fully saturated rings. The summed E-state index contributed by atoms with van der Waals surface area (Å²) in [6.45, 7) is 3.69. The Hall–Kier alpha value is -3.72. The average molecular weight is 483 g/mol. The van der Waals surface area contributed by atoms with Gasteiger partial charge in [0, 0.05) is 5.69 Å². The zero-order valence-electron chi connectivity index (χ0n) is 19.1. The number of sulfonamides is 1. The number of nitrogens with zero attached hydrogens (tertiary/aromatic N) is 1. The maximum Gasteiger partial charge on any atom is 0.267 e. The van der Waals surface area contributed by atoms with Crippen LogP contribution in [0.15, 0.2) is 77.7 Å². The maximum absolute atomic E-state index is 13.5.